The van der Waals surface area contributed by atoms with Gasteiger partial charge in [0.1, 0.15) is 5.60 Å². The van der Waals surface area contributed by atoms with Crippen LogP contribution in [0, 0.1) is 10.8 Å². The first-order valence-electron chi connectivity index (χ1n) is 3.61. The van der Waals surface area contributed by atoms with Crippen molar-refractivity contribution in [3.05, 3.63) is 0 Å². The number of rotatable bonds is 5. The van der Waals surface area contributed by atoms with Crippen LogP contribution in [0.15, 0.2) is 0 Å². The molecule has 0 unspecified atom stereocenters. The van der Waals surface area contributed by atoms with Crippen molar-refractivity contribution >= 4 is 23.9 Å². The van der Waals surface area contributed by atoms with Crippen molar-refractivity contribution in [3.8, 4) is 0 Å². The smallest absolute Gasteiger partial charge is 0.550 e. The van der Waals surface area contributed by atoms with E-state index in [1.807, 2.05) is 0 Å². The van der Waals surface area contributed by atoms with Crippen molar-refractivity contribution in [1.29, 1.82) is 10.8 Å². The molecule has 0 saturated heterocycles. The summed E-state index contributed by atoms with van der Waals surface area (Å²) in [7, 11) is 0. The van der Waals surface area contributed by atoms with Crippen LogP contribution in [0.3, 0.4) is 0 Å². The van der Waals surface area contributed by atoms with E-state index in [0.29, 0.717) is 0 Å². The van der Waals surface area contributed by atoms with E-state index in [2.05, 4.69) is 0 Å². The zero-order chi connectivity index (χ0) is 13.4. The molecule has 19 heavy (non-hydrogen) atoms. The molecule has 9 nitrogen and oxygen atoms in total. The van der Waals surface area contributed by atoms with Crippen molar-refractivity contribution in [3.63, 3.8) is 0 Å². The van der Waals surface area contributed by atoms with E-state index in [9.17, 15) is 29.7 Å². The van der Waals surface area contributed by atoms with E-state index in [1.54, 1.807) is 0 Å². The molecule has 0 aliphatic carbocycles. The Morgan fingerprint density at radius 2 is 1.16 bits per heavy atom. The Bertz CT molecular complexity index is 315. The average Bonchev–Trinajstić information content (AvgIpc) is 2.01. The van der Waals surface area contributed by atoms with Crippen LogP contribution in [0.4, 0.5) is 0 Å². The molecule has 0 aromatic rings. The number of hydrogen-bond donors (Lipinski definition) is 3. The van der Waals surface area contributed by atoms with Crippen LogP contribution in [0.2, 0.25) is 0 Å². The van der Waals surface area contributed by atoms with Crippen molar-refractivity contribution in [2.24, 2.45) is 0 Å². The minimum Gasteiger partial charge on any atom is -0.550 e. The number of carbonyl (C=O) groups is 3. The van der Waals surface area contributed by atoms with E-state index in [1.165, 1.54) is 6.01 Å². The molecule has 0 aliphatic heterocycles. The SMILES string of the molecule is N=C=N.O=C([O-])CC(O)(CC(=O)[O-])C(=O)[O-].[Na+].[Na+].[Na+]. The summed E-state index contributed by atoms with van der Waals surface area (Å²) in [5.41, 5.74) is -2.97. The van der Waals surface area contributed by atoms with Crippen LogP contribution in [0.5, 0.6) is 0 Å². The Kier molecular flexibility index (Phi) is 28.2. The van der Waals surface area contributed by atoms with Crippen LogP contribution < -0.4 is 104 Å². The molecule has 0 aromatic carbocycles. The molecule has 0 bridgehead atoms. The maximum absolute atomic E-state index is 10.1. The number of aliphatic carboxylic acids is 3. The summed E-state index contributed by atoms with van der Waals surface area (Å²) in [4.78, 5) is 30.0. The molecule has 0 spiro atoms. The Morgan fingerprint density at radius 1 is 0.947 bits per heavy atom. The molecule has 12 heteroatoms. The predicted octanol–water partition coefficient (Wildman–Crippen LogP) is -13.9. The zero-order valence-electron chi connectivity index (χ0n) is 10.8. The van der Waals surface area contributed by atoms with E-state index in [4.69, 9.17) is 15.9 Å². The van der Waals surface area contributed by atoms with Crippen LogP contribution >= 0.6 is 0 Å². The second-order valence-corrected chi connectivity index (χ2v) is 2.54. The quantitative estimate of drug-likeness (QED) is 0.331. The summed E-state index contributed by atoms with van der Waals surface area (Å²) < 4.78 is 0. The summed E-state index contributed by atoms with van der Waals surface area (Å²) in [5.74, 6) is -5.98. The first kappa shape index (κ1) is 31.9. The molecule has 0 rings (SSSR count). The standard InChI is InChI=1S/C6H8O7.CH2N2.3Na/c7-3(8)1-6(13,5(11)12)2-4(9)10;2-1-3;;;/h13H,1-2H2,(H,7,8)(H,9,10)(H,11,12);2-3H;;;/q;;3*+1/p-3. The van der Waals surface area contributed by atoms with E-state index < -0.39 is 36.4 Å². The van der Waals surface area contributed by atoms with Gasteiger partial charge < -0.3 is 34.8 Å². The number of carbonyl (C=O) groups excluding carboxylic acids is 3. The second kappa shape index (κ2) is 16.8. The first-order chi connectivity index (χ1) is 7.19. The molecule has 0 saturated carbocycles. The van der Waals surface area contributed by atoms with Gasteiger partial charge in [-0.3, -0.25) is 0 Å². The minimum atomic E-state index is -2.97. The summed E-state index contributed by atoms with van der Waals surface area (Å²) in [6.45, 7) is 0. The summed E-state index contributed by atoms with van der Waals surface area (Å²) in [6, 6.07) is 1.25. The molecule has 3 N–H and O–H groups in total. The van der Waals surface area contributed by atoms with Gasteiger partial charge in [0.15, 0.2) is 0 Å². The monoisotopic (exact) mass is 300 g/mol. The maximum atomic E-state index is 10.1. The van der Waals surface area contributed by atoms with Crippen LogP contribution in [-0.2, 0) is 14.4 Å². The van der Waals surface area contributed by atoms with Gasteiger partial charge in [0, 0.05) is 24.8 Å². The van der Waals surface area contributed by atoms with Gasteiger partial charge in [0.2, 0.25) is 0 Å². The summed E-state index contributed by atoms with van der Waals surface area (Å²) >= 11 is 0. The van der Waals surface area contributed by atoms with Gasteiger partial charge >= 0.3 is 88.7 Å². The zero-order valence-corrected chi connectivity index (χ0v) is 16.8. The summed E-state index contributed by atoms with van der Waals surface area (Å²) in [6.07, 6.45) is -2.72. The van der Waals surface area contributed by atoms with E-state index in [-0.39, 0.29) is 88.7 Å². The van der Waals surface area contributed by atoms with Crippen LogP contribution in [0.1, 0.15) is 12.8 Å². The molecular formula is C7H7N2Na3O7. The van der Waals surface area contributed by atoms with Crippen LogP contribution in [0.25, 0.3) is 0 Å². The molecule has 0 heterocycles. The molecule has 0 amide bonds. The molecule has 0 atom stereocenters. The van der Waals surface area contributed by atoms with E-state index >= 15 is 0 Å². The fraction of sp³-hybridized carbons (Fsp3) is 0.429. The molecule has 0 radical (unpaired) electrons. The Hall–Kier alpha value is 0.750. The maximum Gasteiger partial charge on any atom is 1.00 e. The molecule has 0 aromatic heterocycles. The Labute approximate surface area is 174 Å². The van der Waals surface area contributed by atoms with Gasteiger partial charge in [-0.2, -0.15) is 0 Å². The van der Waals surface area contributed by atoms with E-state index in [0.717, 1.165) is 0 Å². The summed E-state index contributed by atoms with van der Waals surface area (Å²) in [5, 5.41) is 50.2. The third kappa shape index (κ3) is 18.8. The van der Waals surface area contributed by atoms with Crippen molar-refractivity contribution in [2.45, 2.75) is 18.4 Å². The normalized spacial score (nSPS) is 7.84. The Balaban J connectivity index is -0.0000000992. The number of hydrogen-bond acceptors (Lipinski definition) is 9. The van der Waals surface area contributed by atoms with Crippen molar-refractivity contribution in [1.82, 2.24) is 0 Å². The largest absolute Gasteiger partial charge is 1.00 e. The molecule has 0 fully saturated rings. The number of nitrogens with one attached hydrogen (secondary N) is 2. The number of carboxylic acids is 3. The number of carboxylic acid groups (broad SMARTS) is 3. The van der Waals surface area contributed by atoms with Crippen molar-refractivity contribution < 1.29 is 123 Å². The topological polar surface area (TPSA) is 188 Å². The predicted molar refractivity (Wildman–Crippen MR) is 39.7 cm³/mol. The Morgan fingerprint density at radius 3 is 1.26 bits per heavy atom. The van der Waals surface area contributed by atoms with Crippen LogP contribution in [-0.4, -0.2) is 34.6 Å². The molecular weight excluding hydrogens is 293 g/mol. The van der Waals surface area contributed by atoms with Gasteiger partial charge in [-0.15, -0.1) is 0 Å². The van der Waals surface area contributed by atoms with Gasteiger partial charge in [0.05, 0.1) is 12.0 Å². The molecule has 90 valence electrons. The number of aliphatic hydroxyl groups is 1. The average molecular weight is 300 g/mol. The third-order valence-electron chi connectivity index (χ3n) is 1.25. The fourth-order valence-electron chi connectivity index (χ4n) is 0.684. The third-order valence-corrected chi connectivity index (χ3v) is 1.25. The first-order valence-corrected chi connectivity index (χ1v) is 3.61. The van der Waals surface area contributed by atoms with Gasteiger partial charge in [-0.05, 0) is 0 Å². The van der Waals surface area contributed by atoms with Gasteiger partial charge in [-0.25, -0.2) is 10.8 Å². The van der Waals surface area contributed by atoms with Crippen molar-refractivity contribution in [2.75, 3.05) is 0 Å². The fourth-order valence-corrected chi connectivity index (χ4v) is 0.684. The molecule has 0 aliphatic rings. The minimum absolute atomic E-state index is 0. The van der Waals surface area contributed by atoms with Gasteiger partial charge in [0.25, 0.3) is 0 Å². The van der Waals surface area contributed by atoms with Gasteiger partial charge in [-0.1, -0.05) is 0 Å². The second-order valence-electron chi connectivity index (χ2n) is 2.54.